The van der Waals surface area contributed by atoms with Gasteiger partial charge in [-0.15, -0.1) is 0 Å². The highest BCUT2D eigenvalue weighted by atomic mass is 35.5. The van der Waals surface area contributed by atoms with Crippen molar-refractivity contribution in [2.24, 2.45) is 0 Å². The Morgan fingerprint density at radius 1 is 1.28 bits per heavy atom. The van der Waals surface area contributed by atoms with Crippen molar-refractivity contribution in [2.75, 3.05) is 6.61 Å². The third kappa shape index (κ3) is 4.76. The molecule has 0 bridgehead atoms. The van der Waals surface area contributed by atoms with Crippen LogP contribution in [0.15, 0.2) is 18.2 Å². The maximum atomic E-state index is 10.4. The monoisotopic (exact) mass is 268 g/mol. The lowest BCUT2D eigenvalue weighted by molar-refractivity contribution is -0.139. The van der Waals surface area contributed by atoms with Gasteiger partial charge in [0, 0.05) is 11.1 Å². The first-order chi connectivity index (χ1) is 8.49. The summed E-state index contributed by atoms with van der Waals surface area (Å²) >= 11 is 5.75. The molecule has 0 amide bonds. The van der Waals surface area contributed by atoms with E-state index in [1.807, 2.05) is 0 Å². The molecule has 1 aromatic rings. The molecule has 0 aliphatic heterocycles. The average Bonchev–Trinajstić information content (AvgIpc) is 2.28. The van der Waals surface area contributed by atoms with Gasteiger partial charge < -0.3 is 14.9 Å². The molecule has 0 saturated carbocycles. The second-order valence-corrected chi connectivity index (χ2v) is 3.63. The minimum absolute atomic E-state index is 0.211. The SMILES string of the molecule is O=C(O)CC#Cc1ccc(Cl)cc1OCC(=O)O. The quantitative estimate of drug-likeness (QED) is 0.811. The van der Waals surface area contributed by atoms with Gasteiger partial charge in [0.25, 0.3) is 0 Å². The van der Waals surface area contributed by atoms with E-state index in [4.69, 9.17) is 26.6 Å². The van der Waals surface area contributed by atoms with Crippen molar-refractivity contribution in [1.29, 1.82) is 0 Å². The smallest absolute Gasteiger partial charge is 0.341 e. The number of ether oxygens (including phenoxy) is 1. The summed E-state index contributed by atoms with van der Waals surface area (Å²) in [7, 11) is 0. The Labute approximate surface area is 108 Å². The van der Waals surface area contributed by atoms with Crippen LogP contribution in [0.1, 0.15) is 12.0 Å². The van der Waals surface area contributed by atoms with Crippen LogP contribution in [0.5, 0.6) is 5.75 Å². The van der Waals surface area contributed by atoms with Crippen LogP contribution in [0, 0.1) is 11.8 Å². The van der Waals surface area contributed by atoms with Crippen molar-refractivity contribution in [3.05, 3.63) is 28.8 Å². The van der Waals surface area contributed by atoms with Gasteiger partial charge in [-0.25, -0.2) is 4.79 Å². The fourth-order valence-electron chi connectivity index (χ4n) is 1.07. The molecule has 6 heteroatoms. The second kappa shape index (κ2) is 6.52. The van der Waals surface area contributed by atoms with Gasteiger partial charge in [-0.1, -0.05) is 23.4 Å². The van der Waals surface area contributed by atoms with Gasteiger partial charge >= 0.3 is 11.9 Å². The molecule has 0 saturated heterocycles. The predicted molar refractivity (Wildman–Crippen MR) is 63.7 cm³/mol. The molecule has 5 nitrogen and oxygen atoms in total. The topological polar surface area (TPSA) is 83.8 Å². The Morgan fingerprint density at radius 3 is 2.61 bits per heavy atom. The number of carboxylic acids is 2. The highest BCUT2D eigenvalue weighted by Crippen LogP contribution is 2.22. The summed E-state index contributed by atoms with van der Waals surface area (Å²) < 4.78 is 5.00. The van der Waals surface area contributed by atoms with E-state index in [1.165, 1.54) is 12.1 Å². The van der Waals surface area contributed by atoms with E-state index < -0.39 is 18.5 Å². The second-order valence-electron chi connectivity index (χ2n) is 3.20. The molecular weight excluding hydrogens is 260 g/mol. The maximum Gasteiger partial charge on any atom is 0.341 e. The Balaban J connectivity index is 2.90. The summed E-state index contributed by atoms with van der Waals surface area (Å²) in [5.41, 5.74) is 0.391. The van der Waals surface area contributed by atoms with E-state index in [9.17, 15) is 9.59 Å². The predicted octanol–water partition coefficient (Wildman–Crippen LogP) is 1.63. The number of rotatable bonds is 4. The van der Waals surface area contributed by atoms with Gasteiger partial charge in [0.1, 0.15) is 12.2 Å². The largest absolute Gasteiger partial charge is 0.481 e. The van der Waals surface area contributed by atoms with Gasteiger partial charge in [-0.05, 0) is 12.1 Å². The van der Waals surface area contributed by atoms with Crippen LogP contribution < -0.4 is 4.74 Å². The number of benzene rings is 1. The van der Waals surface area contributed by atoms with Gasteiger partial charge in [0.05, 0.1) is 5.56 Å². The molecule has 94 valence electrons. The Bertz CT molecular complexity index is 527. The summed E-state index contributed by atoms with van der Waals surface area (Å²) in [5.74, 6) is 3.06. The van der Waals surface area contributed by atoms with Gasteiger partial charge in [0.15, 0.2) is 6.61 Å². The van der Waals surface area contributed by atoms with Gasteiger partial charge in [-0.2, -0.15) is 0 Å². The molecule has 1 aromatic carbocycles. The van der Waals surface area contributed by atoms with E-state index in [2.05, 4.69) is 11.8 Å². The van der Waals surface area contributed by atoms with Crippen molar-refractivity contribution in [3.8, 4) is 17.6 Å². The summed E-state index contributed by atoms with van der Waals surface area (Å²) in [6.07, 6.45) is -0.305. The molecule has 0 radical (unpaired) electrons. The number of aliphatic carboxylic acids is 2. The van der Waals surface area contributed by atoms with E-state index in [0.29, 0.717) is 10.6 Å². The van der Waals surface area contributed by atoms with E-state index in [1.54, 1.807) is 6.07 Å². The van der Waals surface area contributed by atoms with Crippen molar-refractivity contribution in [2.45, 2.75) is 6.42 Å². The molecule has 0 heterocycles. The van der Waals surface area contributed by atoms with Crippen LogP contribution in [0.2, 0.25) is 5.02 Å². The van der Waals surface area contributed by atoms with Crippen LogP contribution in [-0.4, -0.2) is 28.8 Å². The number of carbonyl (C=O) groups is 2. The standard InChI is InChI=1S/C12H9ClO5/c13-9-5-4-8(2-1-3-11(14)15)10(6-9)18-7-12(16)17/h4-6H,3,7H2,(H,14,15)(H,16,17). The third-order valence-corrected chi connectivity index (χ3v) is 1.99. The zero-order valence-corrected chi connectivity index (χ0v) is 9.90. The fourth-order valence-corrected chi connectivity index (χ4v) is 1.24. The molecule has 0 aliphatic rings. The van der Waals surface area contributed by atoms with E-state index >= 15 is 0 Å². The van der Waals surface area contributed by atoms with Crippen LogP contribution in [-0.2, 0) is 9.59 Å². The molecule has 0 unspecified atom stereocenters. The van der Waals surface area contributed by atoms with Crippen LogP contribution in [0.25, 0.3) is 0 Å². The number of halogens is 1. The summed E-state index contributed by atoms with van der Waals surface area (Å²) in [4.78, 5) is 20.7. The molecule has 0 fully saturated rings. The van der Waals surface area contributed by atoms with Crippen molar-refractivity contribution in [1.82, 2.24) is 0 Å². The number of hydrogen-bond acceptors (Lipinski definition) is 3. The molecule has 1 rings (SSSR count). The van der Waals surface area contributed by atoms with Gasteiger partial charge in [-0.3, -0.25) is 4.79 Å². The van der Waals surface area contributed by atoms with E-state index in [-0.39, 0.29) is 12.2 Å². The van der Waals surface area contributed by atoms with Crippen molar-refractivity contribution >= 4 is 23.5 Å². The lowest BCUT2D eigenvalue weighted by Crippen LogP contribution is -2.10. The molecule has 2 N–H and O–H groups in total. The fraction of sp³-hybridized carbons (Fsp3) is 0.167. The molecule has 0 atom stereocenters. The van der Waals surface area contributed by atoms with Crippen LogP contribution >= 0.6 is 11.6 Å². The molecule has 0 aromatic heterocycles. The minimum Gasteiger partial charge on any atom is -0.481 e. The first-order valence-electron chi connectivity index (χ1n) is 4.84. The highest BCUT2D eigenvalue weighted by Gasteiger charge is 2.05. The normalized spacial score (nSPS) is 9.17. The zero-order chi connectivity index (χ0) is 13.5. The molecular formula is C12H9ClO5. The van der Waals surface area contributed by atoms with Gasteiger partial charge in [0.2, 0.25) is 0 Å². The Hall–Kier alpha value is -2.19. The maximum absolute atomic E-state index is 10.4. The third-order valence-electron chi connectivity index (χ3n) is 1.76. The average molecular weight is 269 g/mol. The molecule has 18 heavy (non-hydrogen) atoms. The van der Waals surface area contributed by atoms with Crippen molar-refractivity contribution in [3.63, 3.8) is 0 Å². The first-order valence-corrected chi connectivity index (χ1v) is 5.21. The Kier molecular flexibility index (Phi) is 5.03. The molecule has 0 spiro atoms. The highest BCUT2D eigenvalue weighted by molar-refractivity contribution is 6.30. The van der Waals surface area contributed by atoms with Crippen LogP contribution in [0.4, 0.5) is 0 Å². The minimum atomic E-state index is -1.13. The summed E-state index contributed by atoms with van der Waals surface area (Å²) in [6.45, 7) is -0.520. The van der Waals surface area contributed by atoms with Crippen LogP contribution in [0.3, 0.4) is 0 Å². The zero-order valence-electron chi connectivity index (χ0n) is 9.14. The lowest BCUT2D eigenvalue weighted by Gasteiger charge is -2.06. The summed E-state index contributed by atoms with van der Waals surface area (Å²) in [5, 5.41) is 17.3. The first kappa shape index (κ1) is 13.9. The summed E-state index contributed by atoms with van der Waals surface area (Å²) in [6, 6.07) is 4.52. The van der Waals surface area contributed by atoms with Crippen molar-refractivity contribution < 1.29 is 24.5 Å². The lowest BCUT2D eigenvalue weighted by atomic mass is 10.2. The van der Waals surface area contributed by atoms with E-state index in [0.717, 1.165) is 0 Å². The number of carboxylic acid groups (broad SMARTS) is 2. The molecule has 0 aliphatic carbocycles. The number of hydrogen-bond donors (Lipinski definition) is 2. The Morgan fingerprint density at radius 2 is 2.00 bits per heavy atom.